The molecule has 2 N–H and O–H groups in total. The summed E-state index contributed by atoms with van der Waals surface area (Å²) >= 11 is 2.29. The zero-order valence-corrected chi connectivity index (χ0v) is 24.7. The molecule has 200 valence electrons. The first-order valence-corrected chi connectivity index (χ1v) is 14.6. The number of rotatable bonds is 7. The van der Waals surface area contributed by atoms with Gasteiger partial charge in [0, 0.05) is 62.8 Å². The van der Waals surface area contributed by atoms with Crippen molar-refractivity contribution in [3.63, 3.8) is 0 Å². The van der Waals surface area contributed by atoms with Gasteiger partial charge in [0.1, 0.15) is 0 Å². The van der Waals surface area contributed by atoms with Crippen LogP contribution in [0.15, 0.2) is 77.9 Å². The Hall–Kier alpha value is -3.10. The predicted octanol–water partition coefficient (Wildman–Crippen LogP) is 6.59. The van der Waals surface area contributed by atoms with Crippen molar-refractivity contribution in [1.29, 1.82) is 5.41 Å². The minimum absolute atomic E-state index is 0.0909. The minimum Gasteiger partial charge on any atom is -0.339 e. The molecule has 2 fully saturated rings. The molecule has 2 aromatic rings. The van der Waals surface area contributed by atoms with Gasteiger partial charge < -0.3 is 15.6 Å². The highest BCUT2D eigenvalue weighted by Crippen LogP contribution is 2.43. The Kier molecular flexibility index (Phi) is 8.14. The molecule has 3 aliphatic rings. The summed E-state index contributed by atoms with van der Waals surface area (Å²) in [6, 6.07) is 15.2. The fraction of sp³-hybridized carbons (Fsp3) is 0.303. The number of Topliss-reactive ketones (excluding diaryl/α,β-unsaturated/α-hetero) is 1. The molecule has 1 aliphatic heterocycles. The summed E-state index contributed by atoms with van der Waals surface area (Å²) in [6.45, 7) is 9.34. The van der Waals surface area contributed by atoms with Crippen LogP contribution < -0.4 is 5.32 Å². The number of nitrogens with one attached hydrogen (secondary N) is 2. The lowest BCUT2D eigenvalue weighted by Gasteiger charge is -2.33. The van der Waals surface area contributed by atoms with Crippen molar-refractivity contribution in [2.24, 2.45) is 0 Å². The number of hydrogen-bond acceptors (Lipinski definition) is 4. The molecule has 1 saturated heterocycles. The molecule has 1 saturated carbocycles. The van der Waals surface area contributed by atoms with E-state index in [4.69, 9.17) is 5.41 Å². The fourth-order valence-corrected chi connectivity index (χ4v) is 5.98. The number of carbonyl (C=O) groups excluding carboxylic acids is 2. The van der Waals surface area contributed by atoms with Crippen LogP contribution in [0.25, 0.3) is 22.3 Å². The first kappa shape index (κ1) is 27.5. The van der Waals surface area contributed by atoms with Gasteiger partial charge in [0.2, 0.25) is 0 Å². The van der Waals surface area contributed by atoms with Crippen molar-refractivity contribution in [2.45, 2.75) is 51.6 Å². The monoisotopic (exact) mass is 631 g/mol. The normalized spacial score (nSPS) is 19.2. The highest BCUT2D eigenvalue weighted by Gasteiger charge is 2.33. The third kappa shape index (κ3) is 5.92. The maximum Gasteiger partial charge on any atom is 0.254 e. The van der Waals surface area contributed by atoms with E-state index in [1.807, 2.05) is 61.2 Å². The maximum absolute atomic E-state index is 13.8. The number of piperidine rings is 1. The summed E-state index contributed by atoms with van der Waals surface area (Å²) in [5.74, 6) is -0.259. The second-order valence-corrected chi connectivity index (χ2v) is 12.1. The van der Waals surface area contributed by atoms with Crippen LogP contribution in [0.3, 0.4) is 0 Å². The third-order valence-corrected chi connectivity index (χ3v) is 8.24. The molecule has 1 amide bonds. The lowest BCUT2D eigenvalue weighted by molar-refractivity contribution is -0.127. The molecule has 2 aromatic carbocycles. The maximum atomic E-state index is 13.8. The zero-order chi connectivity index (χ0) is 27.7. The van der Waals surface area contributed by atoms with E-state index in [0.29, 0.717) is 47.5 Å². The molecule has 5 nitrogen and oxygen atoms in total. The standard InChI is InChI=1S/C33H34IN3O2/c1-20(2)16-29(33(39)37-14-12-26(13-15-37)36-25-10-11-25)23(19-35)18-30-31-27(21(3)32(30)38)8-5-9-28(31)22-6-4-7-24(34)17-22/h4-9,16-19,25-26,35-36H,3,10-15H2,1-2H3/b29-23+,30-18-,35-19?. The van der Waals surface area contributed by atoms with E-state index in [1.165, 1.54) is 19.1 Å². The van der Waals surface area contributed by atoms with Crippen LogP contribution in [0.1, 0.15) is 50.7 Å². The summed E-state index contributed by atoms with van der Waals surface area (Å²) in [5.41, 5.74) is 6.31. The van der Waals surface area contributed by atoms with Gasteiger partial charge in [-0.25, -0.2) is 0 Å². The number of fused-ring (bicyclic) bond motifs is 1. The fourth-order valence-electron chi connectivity index (χ4n) is 5.44. The number of nitrogens with zero attached hydrogens (tertiary/aromatic N) is 1. The quantitative estimate of drug-likeness (QED) is 0.157. The number of allylic oxidation sites excluding steroid dienone is 5. The molecule has 5 rings (SSSR count). The topological polar surface area (TPSA) is 73.3 Å². The van der Waals surface area contributed by atoms with Gasteiger partial charge in [0.25, 0.3) is 5.91 Å². The molecule has 0 bridgehead atoms. The van der Waals surface area contributed by atoms with Crippen LogP contribution in [-0.2, 0) is 9.59 Å². The molecule has 6 heteroatoms. The molecule has 0 aromatic heterocycles. The first-order chi connectivity index (χ1) is 18.8. The number of ketones is 1. The van der Waals surface area contributed by atoms with Gasteiger partial charge >= 0.3 is 0 Å². The van der Waals surface area contributed by atoms with Crippen molar-refractivity contribution in [2.75, 3.05) is 13.1 Å². The molecule has 0 radical (unpaired) electrons. The van der Waals surface area contributed by atoms with Crippen molar-refractivity contribution in [3.05, 3.63) is 92.6 Å². The van der Waals surface area contributed by atoms with E-state index in [1.54, 1.807) is 6.08 Å². The summed E-state index contributed by atoms with van der Waals surface area (Å²) in [4.78, 5) is 29.2. The zero-order valence-electron chi connectivity index (χ0n) is 22.5. The summed E-state index contributed by atoms with van der Waals surface area (Å²) in [7, 11) is 0. The van der Waals surface area contributed by atoms with Gasteiger partial charge in [0.15, 0.2) is 5.78 Å². The highest BCUT2D eigenvalue weighted by atomic mass is 127. The Bertz CT molecular complexity index is 1450. The highest BCUT2D eigenvalue weighted by molar-refractivity contribution is 14.1. The smallest absolute Gasteiger partial charge is 0.254 e. The van der Waals surface area contributed by atoms with Gasteiger partial charge in [-0.2, -0.15) is 0 Å². The summed E-state index contributed by atoms with van der Waals surface area (Å²) in [6.07, 6.45) is 9.12. The number of carbonyl (C=O) groups is 2. The van der Waals surface area contributed by atoms with Gasteiger partial charge in [-0.1, -0.05) is 48.6 Å². The number of benzene rings is 2. The van der Waals surface area contributed by atoms with E-state index in [0.717, 1.165) is 44.2 Å². The van der Waals surface area contributed by atoms with Gasteiger partial charge in [0.05, 0.1) is 0 Å². The Labute approximate surface area is 244 Å². The Morgan fingerprint density at radius 2 is 1.72 bits per heavy atom. The molecular weight excluding hydrogens is 597 g/mol. The molecule has 1 heterocycles. The molecule has 0 spiro atoms. The van der Waals surface area contributed by atoms with Crippen LogP contribution in [-0.4, -0.2) is 48.0 Å². The van der Waals surface area contributed by atoms with E-state index in [-0.39, 0.29) is 11.7 Å². The summed E-state index contributed by atoms with van der Waals surface area (Å²) in [5, 5.41) is 12.0. The molecule has 0 unspecified atom stereocenters. The SMILES string of the molecule is C=C1C(=O)/C(=C\C(C=N)=C(\C=C(C)C)C(=O)N2CCC(NC3CC3)CC2)c2c1cccc2-c1cccc(I)c1. The predicted molar refractivity (Wildman–Crippen MR) is 168 cm³/mol. The van der Waals surface area contributed by atoms with Gasteiger partial charge in [-0.3, -0.25) is 9.59 Å². The van der Waals surface area contributed by atoms with Crippen LogP contribution in [0.4, 0.5) is 0 Å². The van der Waals surface area contributed by atoms with E-state index < -0.39 is 0 Å². The van der Waals surface area contributed by atoms with Crippen LogP contribution in [0.5, 0.6) is 0 Å². The first-order valence-electron chi connectivity index (χ1n) is 13.6. The van der Waals surface area contributed by atoms with Crippen molar-refractivity contribution in [3.8, 4) is 11.1 Å². The van der Waals surface area contributed by atoms with E-state index >= 15 is 0 Å². The number of amides is 1. The average Bonchev–Trinajstić information content (AvgIpc) is 3.71. The Morgan fingerprint density at radius 1 is 1.05 bits per heavy atom. The lowest BCUT2D eigenvalue weighted by Crippen LogP contribution is -2.46. The van der Waals surface area contributed by atoms with Crippen molar-refractivity contribution >= 4 is 51.6 Å². The Morgan fingerprint density at radius 3 is 2.36 bits per heavy atom. The van der Waals surface area contributed by atoms with Crippen LogP contribution in [0.2, 0.25) is 0 Å². The van der Waals surface area contributed by atoms with Crippen molar-refractivity contribution < 1.29 is 9.59 Å². The van der Waals surface area contributed by atoms with Crippen LogP contribution in [0, 0.1) is 8.98 Å². The third-order valence-electron chi connectivity index (χ3n) is 7.57. The van der Waals surface area contributed by atoms with Crippen molar-refractivity contribution in [1.82, 2.24) is 10.2 Å². The lowest BCUT2D eigenvalue weighted by atomic mass is 9.92. The average molecular weight is 632 g/mol. The van der Waals surface area contributed by atoms with E-state index in [2.05, 4.69) is 40.6 Å². The number of hydrogen-bond donors (Lipinski definition) is 2. The second-order valence-electron chi connectivity index (χ2n) is 10.8. The molecule has 0 atom stereocenters. The van der Waals surface area contributed by atoms with Crippen LogP contribution >= 0.6 is 22.6 Å². The second kappa shape index (κ2) is 11.6. The van der Waals surface area contributed by atoms with Gasteiger partial charge in [-0.15, -0.1) is 0 Å². The summed E-state index contributed by atoms with van der Waals surface area (Å²) < 4.78 is 1.10. The van der Waals surface area contributed by atoms with Gasteiger partial charge in [-0.05, 0) is 97.0 Å². The number of halogens is 1. The number of likely N-dealkylation sites (tertiary alicyclic amines) is 1. The molecular formula is C33H34IN3O2. The molecule has 39 heavy (non-hydrogen) atoms. The molecule has 2 aliphatic carbocycles. The largest absolute Gasteiger partial charge is 0.339 e. The minimum atomic E-state index is -0.168. The Balaban J connectivity index is 1.56. The van der Waals surface area contributed by atoms with E-state index in [9.17, 15) is 9.59 Å².